The van der Waals surface area contributed by atoms with Gasteiger partial charge in [0.2, 0.25) is 11.8 Å². The van der Waals surface area contributed by atoms with Crippen LogP contribution in [0, 0.1) is 0 Å². The smallest absolute Gasteiger partial charge is 0.242 e. The van der Waals surface area contributed by atoms with Gasteiger partial charge in [0, 0.05) is 29.1 Å². The molecule has 6 heteroatoms. The molecule has 0 spiro atoms. The van der Waals surface area contributed by atoms with Crippen molar-refractivity contribution in [3.8, 4) is 0 Å². The molecule has 1 aliphatic carbocycles. The van der Waals surface area contributed by atoms with E-state index in [2.05, 4.69) is 5.32 Å². The van der Waals surface area contributed by atoms with E-state index in [9.17, 15) is 9.59 Å². The average molecular weight is 385 g/mol. The fourth-order valence-electron chi connectivity index (χ4n) is 3.17. The Morgan fingerprint density at radius 2 is 1.96 bits per heavy atom. The van der Waals surface area contributed by atoms with Crippen molar-refractivity contribution >= 4 is 35.0 Å². The maximum Gasteiger partial charge on any atom is 0.242 e. The third-order valence-electron chi connectivity index (χ3n) is 4.69. The summed E-state index contributed by atoms with van der Waals surface area (Å²) in [5, 5.41) is 4.13. The summed E-state index contributed by atoms with van der Waals surface area (Å²) in [6, 6.07) is 4.90. The summed E-state index contributed by atoms with van der Waals surface area (Å²) in [5.41, 5.74) is 0.788. The van der Waals surface area contributed by atoms with Crippen LogP contribution in [0.3, 0.4) is 0 Å². The van der Waals surface area contributed by atoms with Crippen molar-refractivity contribution in [2.24, 2.45) is 0 Å². The molecule has 4 nitrogen and oxygen atoms in total. The van der Waals surface area contributed by atoms with Gasteiger partial charge in [0.1, 0.15) is 6.04 Å². The lowest BCUT2D eigenvalue weighted by molar-refractivity contribution is -0.140. The molecule has 0 unspecified atom stereocenters. The summed E-state index contributed by atoms with van der Waals surface area (Å²) >= 11 is 12.2. The van der Waals surface area contributed by atoms with E-state index < -0.39 is 6.04 Å². The fraction of sp³-hybridized carbons (Fsp3) is 0.579. The zero-order chi connectivity index (χ0) is 18.4. The van der Waals surface area contributed by atoms with Crippen molar-refractivity contribution in [3.63, 3.8) is 0 Å². The van der Waals surface area contributed by atoms with Crippen LogP contribution in [-0.2, 0) is 16.1 Å². The zero-order valence-electron chi connectivity index (χ0n) is 14.9. The Bertz CT molecular complexity index is 615. The quantitative estimate of drug-likeness (QED) is 0.748. The molecule has 0 heterocycles. The Balaban J connectivity index is 2.13. The molecule has 25 heavy (non-hydrogen) atoms. The second kappa shape index (κ2) is 9.44. The first-order valence-electron chi connectivity index (χ1n) is 8.96. The van der Waals surface area contributed by atoms with Crippen LogP contribution in [-0.4, -0.2) is 28.8 Å². The maximum atomic E-state index is 12.6. The second-order valence-electron chi connectivity index (χ2n) is 6.67. The summed E-state index contributed by atoms with van der Waals surface area (Å²) in [5.74, 6) is -0.135. The molecule has 1 aromatic carbocycles. The van der Waals surface area contributed by atoms with E-state index in [1.54, 1.807) is 30.0 Å². The molecule has 1 aromatic rings. The Labute approximate surface area is 159 Å². The molecule has 0 saturated heterocycles. The molecule has 2 amide bonds. The Kier molecular flexibility index (Phi) is 7.57. The lowest BCUT2D eigenvalue weighted by Gasteiger charge is -2.30. The first-order chi connectivity index (χ1) is 11.9. The molecule has 1 saturated carbocycles. The highest BCUT2D eigenvalue weighted by Gasteiger charge is 2.28. The van der Waals surface area contributed by atoms with Crippen molar-refractivity contribution in [2.45, 2.75) is 71.0 Å². The second-order valence-corrected chi connectivity index (χ2v) is 7.52. The molecule has 1 N–H and O–H groups in total. The van der Waals surface area contributed by atoms with Crippen LogP contribution in [0.15, 0.2) is 18.2 Å². The standard InChI is InChI=1S/C19H26Cl2N2O2/c1-3-6-18(24)23(12-14-9-10-15(20)11-17(14)21)13(2)19(25)22-16-7-4-5-8-16/h9-11,13,16H,3-8,12H2,1-2H3,(H,22,25)/t13-/m0/s1. The minimum atomic E-state index is -0.536. The summed E-state index contributed by atoms with van der Waals surface area (Å²) in [4.78, 5) is 26.8. The zero-order valence-corrected chi connectivity index (χ0v) is 16.4. The summed E-state index contributed by atoms with van der Waals surface area (Å²) in [6.45, 7) is 4.03. The SMILES string of the molecule is CCCC(=O)N(Cc1ccc(Cl)cc1Cl)[C@@H](C)C(=O)NC1CCCC1. The molecule has 0 aliphatic heterocycles. The molecule has 1 atom stereocenters. The Morgan fingerprint density at radius 1 is 1.28 bits per heavy atom. The lowest BCUT2D eigenvalue weighted by Crippen LogP contribution is -2.49. The van der Waals surface area contributed by atoms with Crippen LogP contribution in [0.2, 0.25) is 10.0 Å². The van der Waals surface area contributed by atoms with Gasteiger partial charge < -0.3 is 10.2 Å². The average Bonchev–Trinajstić information content (AvgIpc) is 3.06. The topological polar surface area (TPSA) is 49.4 Å². The third kappa shape index (κ3) is 5.61. The molecular formula is C19H26Cl2N2O2. The minimum Gasteiger partial charge on any atom is -0.352 e. The van der Waals surface area contributed by atoms with Crippen molar-refractivity contribution < 1.29 is 9.59 Å². The van der Waals surface area contributed by atoms with E-state index in [1.165, 1.54) is 0 Å². The number of carbonyl (C=O) groups excluding carboxylic acids is 2. The first kappa shape index (κ1) is 20.1. The first-order valence-corrected chi connectivity index (χ1v) is 9.71. The van der Waals surface area contributed by atoms with Crippen LogP contribution in [0.25, 0.3) is 0 Å². The van der Waals surface area contributed by atoms with Gasteiger partial charge in [-0.25, -0.2) is 0 Å². The Hall–Kier alpha value is -1.26. The highest BCUT2D eigenvalue weighted by atomic mass is 35.5. The molecule has 0 radical (unpaired) electrons. The van der Waals surface area contributed by atoms with E-state index >= 15 is 0 Å². The van der Waals surface area contributed by atoms with Crippen LogP contribution in [0.5, 0.6) is 0 Å². The Morgan fingerprint density at radius 3 is 2.56 bits per heavy atom. The van der Waals surface area contributed by atoms with Gasteiger partial charge in [0.15, 0.2) is 0 Å². The van der Waals surface area contributed by atoms with Crippen LogP contribution < -0.4 is 5.32 Å². The number of nitrogens with one attached hydrogen (secondary N) is 1. The molecule has 138 valence electrons. The number of carbonyl (C=O) groups is 2. The number of hydrogen-bond donors (Lipinski definition) is 1. The normalized spacial score (nSPS) is 15.8. The monoisotopic (exact) mass is 384 g/mol. The van der Waals surface area contributed by atoms with Crippen molar-refractivity contribution in [1.29, 1.82) is 0 Å². The van der Waals surface area contributed by atoms with Gasteiger partial charge in [-0.15, -0.1) is 0 Å². The van der Waals surface area contributed by atoms with Gasteiger partial charge in [0.05, 0.1) is 0 Å². The minimum absolute atomic E-state index is 0.0393. The number of nitrogens with zero attached hydrogens (tertiary/aromatic N) is 1. The van der Waals surface area contributed by atoms with E-state index in [0.29, 0.717) is 23.0 Å². The number of halogens is 2. The molecule has 1 aliphatic rings. The maximum absolute atomic E-state index is 12.6. The lowest BCUT2D eigenvalue weighted by atomic mass is 10.1. The highest BCUT2D eigenvalue weighted by molar-refractivity contribution is 6.35. The highest BCUT2D eigenvalue weighted by Crippen LogP contribution is 2.24. The third-order valence-corrected chi connectivity index (χ3v) is 5.28. The molecule has 2 rings (SSSR count). The van der Waals surface area contributed by atoms with Gasteiger partial charge in [-0.1, -0.05) is 49.0 Å². The van der Waals surface area contributed by atoms with Gasteiger partial charge >= 0.3 is 0 Å². The van der Waals surface area contributed by atoms with Crippen LogP contribution in [0.4, 0.5) is 0 Å². The van der Waals surface area contributed by atoms with Crippen molar-refractivity contribution in [2.75, 3.05) is 0 Å². The van der Waals surface area contributed by atoms with E-state index in [1.807, 2.05) is 6.92 Å². The predicted octanol–water partition coefficient (Wildman–Crippen LogP) is 4.57. The summed E-state index contributed by atoms with van der Waals surface area (Å²) in [7, 11) is 0. The van der Waals surface area contributed by atoms with Crippen LogP contribution in [0.1, 0.15) is 57.9 Å². The van der Waals surface area contributed by atoms with E-state index in [4.69, 9.17) is 23.2 Å². The van der Waals surface area contributed by atoms with Gasteiger partial charge in [-0.3, -0.25) is 9.59 Å². The van der Waals surface area contributed by atoms with Crippen molar-refractivity contribution in [1.82, 2.24) is 10.2 Å². The number of amides is 2. The number of rotatable bonds is 7. The molecule has 0 bridgehead atoms. The number of hydrogen-bond acceptors (Lipinski definition) is 2. The summed E-state index contributed by atoms with van der Waals surface area (Å²) < 4.78 is 0. The number of benzene rings is 1. The molecule has 1 fully saturated rings. The van der Waals surface area contributed by atoms with E-state index in [-0.39, 0.29) is 17.9 Å². The largest absolute Gasteiger partial charge is 0.352 e. The predicted molar refractivity (Wildman–Crippen MR) is 102 cm³/mol. The van der Waals surface area contributed by atoms with Crippen molar-refractivity contribution in [3.05, 3.63) is 33.8 Å². The summed E-state index contributed by atoms with van der Waals surface area (Å²) in [6.07, 6.45) is 5.48. The molecule has 0 aromatic heterocycles. The van der Waals surface area contributed by atoms with Crippen LogP contribution >= 0.6 is 23.2 Å². The van der Waals surface area contributed by atoms with Gasteiger partial charge in [-0.05, 0) is 43.9 Å². The molecular weight excluding hydrogens is 359 g/mol. The van der Waals surface area contributed by atoms with Gasteiger partial charge in [0.25, 0.3) is 0 Å². The van der Waals surface area contributed by atoms with E-state index in [0.717, 1.165) is 37.7 Å². The van der Waals surface area contributed by atoms with Gasteiger partial charge in [-0.2, -0.15) is 0 Å². The fourth-order valence-corrected chi connectivity index (χ4v) is 3.63.